The molecule has 0 spiro atoms. The predicted octanol–water partition coefficient (Wildman–Crippen LogP) is 4.73. The highest BCUT2D eigenvalue weighted by molar-refractivity contribution is 7.85. The second-order valence-corrected chi connectivity index (χ2v) is 8.73. The molecule has 36 heavy (non-hydrogen) atoms. The van der Waals surface area contributed by atoms with Gasteiger partial charge in [0.25, 0.3) is 11.6 Å². The minimum Gasteiger partial charge on any atom is -0.744 e. The average molecular weight is 507 g/mol. The van der Waals surface area contributed by atoms with Gasteiger partial charge >= 0.3 is 0 Å². The second kappa shape index (κ2) is 9.40. The molecule has 4 rings (SSSR count). The van der Waals surface area contributed by atoms with Crippen LogP contribution in [-0.4, -0.2) is 34.0 Å². The lowest BCUT2D eigenvalue weighted by Gasteiger charge is -2.12. The molecule has 0 heterocycles. The third-order valence-electron chi connectivity index (χ3n) is 5.06. The van der Waals surface area contributed by atoms with Crippen LogP contribution in [-0.2, 0) is 10.1 Å². The molecule has 0 aliphatic rings. The van der Waals surface area contributed by atoms with E-state index in [0.717, 1.165) is 0 Å². The quantitative estimate of drug-likeness (QED) is 0.144. The van der Waals surface area contributed by atoms with Crippen LogP contribution in [0.5, 0.6) is 11.5 Å². The standard InChI is InChI=1S/C23H16N4O8S/c28-18-10-9-13-7-4-8-16(24-23(30)14-5-2-1-3-6-14)20(13)21(18)26-25-17-11-15(27(31)32)12-19(22(17)29)36(33,34)35/h1-12,28-29H,(H,24,30)(H,33,34,35)/p-1. The minimum absolute atomic E-state index is 0.186. The van der Waals surface area contributed by atoms with Gasteiger partial charge in [-0.05, 0) is 29.7 Å². The average Bonchev–Trinajstić information content (AvgIpc) is 2.84. The number of anilines is 1. The Hall–Kier alpha value is -4.88. The fraction of sp³-hybridized carbons (Fsp3) is 0. The van der Waals surface area contributed by atoms with Crippen molar-refractivity contribution in [1.82, 2.24) is 0 Å². The lowest BCUT2D eigenvalue weighted by molar-refractivity contribution is -0.385. The third-order valence-corrected chi connectivity index (χ3v) is 5.91. The molecule has 3 N–H and O–H groups in total. The first-order valence-corrected chi connectivity index (χ1v) is 11.5. The van der Waals surface area contributed by atoms with E-state index in [2.05, 4.69) is 15.5 Å². The van der Waals surface area contributed by atoms with Crippen molar-refractivity contribution in [2.45, 2.75) is 4.90 Å². The molecular formula is C23H15N4O8S-. The molecule has 0 atom stereocenters. The van der Waals surface area contributed by atoms with Gasteiger partial charge in [0.05, 0.1) is 10.6 Å². The summed E-state index contributed by atoms with van der Waals surface area (Å²) < 4.78 is 34.4. The number of rotatable bonds is 6. The van der Waals surface area contributed by atoms with E-state index in [4.69, 9.17) is 0 Å². The monoisotopic (exact) mass is 507 g/mol. The molecule has 0 fully saturated rings. The fourth-order valence-electron chi connectivity index (χ4n) is 3.39. The van der Waals surface area contributed by atoms with Gasteiger partial charge in [0, 0.05) is 23.1 Å². The number of non-ortho nitro benzene ring substituents is 1. The molecule has 182 valence electrons. The molecule has 0 aliphatic heterocycles. The normalized spacial score (nSPS) is 11.6. The number of nitrogens with zero attached hydrogens (tertiary/aromatic N) is 3. The van der Waals surface area contributed by atoms with E-state index in [9.17, 15) is 38.1 Å². The minimum atomic E-state index is -5.29. The molecule has 4 aromatic carbocycles. The first-order valence-electron chi connectivity index (χ1n) is 10.1. The van der Waals surface area contributed by atoms with E-state index in [-0.39, 0.29) is 16.8 Å². The smallest absolute Gasteiger partial charge is 0.273 e. The van der Waals surface area contributed by atoms with Gasteiger partial charge in [-0.2, -0.15) is 0 Å². The number of hydrogen-bond acceptors (Lipinski definition) is 10. The number of nitro groups is 1. The highest BCUT2D eigenvalue weighted by Crippen LogP contribution is 2.42. The van der Waals surface area contributed by atoms with Crippen molar-refractivity contribution in [1.29, 1.82) is 0 Å². The predicted molar refractivity (Wildman–Crippen MR) is 127 cm³/mol. The Morgan fingerprint density at radius 1 is 0.944 bits per heavy atom. The maximum Gasteiger partial charge on any atom is 0.273 e. The summed E-state index contributed by atoms with van der Waals surface area (Å²) in [6, 6.07) is 17.2. The second-order valence-electron chi connectivity index (χ2n) is 7.38. The first-order chi connectivity index (χ1) is 17.1. The van der Waals surface area contributed by atoms with Crippen LogP contribution >= 0.6 is 0 Å². The van der Waals surface area contributed by atoms with Crippen molar-refractivity contribution >= 4 is 49.5 Å². The van der Waals surface area contributed by atoms with Gasteiger partial charge in [-0.25, -0.2) is 8.42 Å². The summed E-state index contributed by atoms with van der Waals surface area (Å²) in [5, 5.41) is 42.9. The van der Waals surface area contributed by atoms with Gasteiger partial charge in [0.2, 0.25) is 0 Å². The van der Waals surface area contributed by atoms with Crippen molar-refractivity contribution in [3.05, 3.63) is 88.5 Å². The Kier molecular flexibility index (Phi) is 6.33. The van der Waals surface area contributed by atoms with Crippen molar-refractivity contribution < 1.29 is 32.9 Å². The van der Waals surface area contributed by atoms with Gasteiger partial charge in [0.1, 0.15) is 32.1 Å². The van der Waals surface area contributed by atoms with Crippen LogP contribution in [0.15, 0.2) is 87.9 Å². The van der Waals surface area contributed by atoms with Crippen LogP contribution in [0, 0.1) is 10.1 Å². The number of amides is 1. The number of carbonyl (C=O) groups is 1. The van der Waals surface area contributed by atoms with Gasteiger partial charge in [-0.3, -0.25) is 14.9 Å². The highest BCUT2D eigenvalue weighted by Gasteiger charge is 2.21. The molecule has 0 aromatic heterocycles. The van der Waals surface area contributed by atoms with Crippen LogP contribution in [0.4, 0.5) is 22.7 Å². The molecule has 0 radical (unpaired) electrons. The zero-order valence-corrected chi connectivity index (χ0v) is 18.8. The van der Waals surface area contributed by atoms with Crippen molar-refractivity contribution in [3.63, 3.8) is 0 Å². The first kappa shape index (κ1) is 24.3. The summed E-state index contributed by atoms with van der Waals surface area (Å²) >= 11 is 0. The Morgan fingerprint density at radius 2 is 1.67 bits per heavy atom. The molecule has 0 bridgehead atoms. The summed E-state index contributed by atoms with van der Waals surface area (Å²) in [6.07, 6.45) is 0. The Morgan fingerprint density at radius 3 is 2.33 bits per heavy atom. The summed E-state index contributed by atoms with van der Waals surface area (Å²) in [4.78, 5) is 21.7. The number of phenolic OH excluding ortho intramolecular Hbond substituents is 2. The van der Waals surface area contributed by atoms with Gasteiger partial charge in [0.15, 0.2) is 5.75 Å². The van der Waals surface area contributed by atoms with E-state index >= 15 is 0 Å². The number of fused-ring (bicyclic) bond motifs is 1. The SMILES string of the molecule is O=C(Nc1cccc2ccc(O)c(N=Nc3cc([N+](=O)[O-])cc(S(=O)(=O)[O-])c3O)c12)c1ccccc1. The molecule has 0 aliphatic carbocycles. The number of nitro benzene ring substituents is 1. The van der Waals surface area contributed by atoms with E-state index in [1.54, 1.807) is 54.6 Å². The molecule has 0 saturated carbocycles. The third kappa shape index (κ3) is 4.82. The lowest BCUT2D eigenvalue weighted by atomic mass is 10.1. The maximum atomic E-state index is 12.7. The summed E-state index contributed by atoms with van der Waals surface area (Å²) in [5.41, 5.74) is -1.09. The van der Waals surface area contributed by atoms with Crippen molar-refractivity contribution in [2.75, 3.05) is 5.32 Å². The zero-order valence-electron chi connectivity index (χ0n) is 18.0. The fourth-order valence-corrected chi connectivity index (χ4v) is 4.00. The van der Waals surface area contributed by atoms with E-state index < -0.39 is 48.7 Å². The van der Waals surface area contributed by atoms with Crippen LogP contribution in [0.25, 0.3) is 10.8 Å². The van der Waals surface area contributed by atoms with Crippen molar-refractivity contribution in [3.8, 4) is 11.5 Å². The number of phenols is 2. The molecule has 0 unspecified atom stereocenters. The topological polar surface area (TPSA) is 195 Å². The Labute approximate surface area is 203 Å². The van der Waals surface area contributed by atoms with Gasteiger partial charge in [-0.15, -0.1) is 10.2 Å². The molecule has 1 amide bonds. The number of benzene rings is 4. The number of aromatic hydroxyl groups is 2. The van der Waals surface area contributed by atoms with Crippen LogP contribution in [0.1, 0.15) is 10.4 Å². The Bertz CT molecular complexity index is 1650. The van der Waals surface area contributed by atoms with Crippen LogP contribution in [0.3, 0.4) is 0 Å². The molecular weight excluding hydrogens is 492 g/mol. The zero-order chi connectivity index (χ0) is 26.0. The molecule has 12 nitrogen and oxygen atoms in total. The van der Waals surface area contributed by atoms with Crippen LogP contribution < -0.4 is 5.32 Å². The molecule has 4 aromatic rings. The molecule has 0 saturated heterocycles. The van der Waals surface area contributed by atoms with E-state index in [1.807, 2.05) is 0 Å². The summed E-state index contributed by atoms with van der Waals surface area (Å²) in [6.45, 7) is 0. The van der Waals surface area contributed by atoms with Gasteiger partial charge in [-0.1, -0.05) is 36.4 Å². The van der Waals surface area contributed by atoms with Crippen molar-refractivity contribution in [2.24, 2.45) is 10.2 Å². The molecule has 13 heteroatoms. The lowest BCUT2D eigenvalue weighted by Crippen LogP contribution is -2.11. The van der Waals surface area contributed by atoms with Crippen LogP contribution in [0.2, 0.25) is 0 Å². The largest absolute Gasteiger partial charge is 0.744 e. The number of azo groups is 1. The highest BCUT2D eigenvalue weighted by atomic mass is 32.2. The maximum absolute atomic E-state index is 12.7. The van der Waals surface area contributed by atoms with E-state index in [0.29, 0.717) is 23.1 Å². The van der Waals surface area contributed by atoms with E-state index in [1.165, 1.54) is 6.07 Å². The number of hydrogen-bond donors (Lipinski definition) is 3. The Balaban J connectivity index is 1.85. The number of nitrogens with one attached hydrogen (secondary N) is 1. The summed E-state index contributed by atoms with van der Waals surface area (Å²) in [7, 11) is -5.29. The number of carbonyl (C=O) groups excluding carboxylic acids is 1. The van der Waals surface area contributed by atoms with Gasteiger partial charge < -0.3 is 20.1 Å². The summed E-state index contributed by atoms with van der Waals surface area (Å²) in [5.74, 6) is -1.98.